The summed E-state index contributed by atoms with van der Waals surface area (Å²) < 4.78 is 5.29. The molecule has 0 aromatic heterocycles. The van der Waals surface area contributed by atoms with E-state index in [1.807, 2.05) is 0 Å². The van der Waals surface area contributed by atoms with E-state index in [1.165, 1.54) is 34.6 Å². The van der Waals surface area contributed by atoms with Gasteiger partial charge in [0.2, 0.25) is 11.6 Å². The molecule has 0 aliphatic heterocycles. The molecule has 0 aromatic rings. The lowest BCUT2D eigenvalue weighted by molar-refractivity contribution is -0.222. The summed E-state index contributed by atoms with van der Waals surface area (Å²) in [5.41, 5.74) is 6.72. The van der Waals surface area contributed by atoms with E-state index in [2.05, 4.69) is 0 Å². The number of Topliss-reactive ketones (excluding diaryl/α,β-unsaturated/α-hetero) is 2. The molecule has 30 heavy (non-hydrogen) atoms. The van der Waals surface area contributed by atoms with Crippen molar-refractivity contribution in [3.05, 3.63) is 0 Å². The van der Waals surface area contributed by atoms with Crippen molar-refractivity contribution in [2.24, 2.45) is 17.4 Å². The minimum Gasteiger partial charge on any atom is -0.481 e. The van der Waals surface area contributed by atoms with Gasteiger partial charge in [-0.25, -0.2) is 4.79 Å². The highest BCUT2D eigenvalue weighted by atomic mass is 16.5. The number of amides is 1. The summed E-state index contributed by atoms with van der Waals surface area (Å²) in [5, 5.41) is 19.1. The molecule has 0 rings (SSSR count). The summed E-state index contributed by atoms with van der Waals surface area (Å²) in [5.74, 6) is -6.78. The Balaban J connectivity index is 7.35. The van der Waals surface area contributed by atoms with Gasteiger partial charge in [-0.1, -0.05) is 20.8 Å². The van der Waals surface area contributed by atoms with Gasteiger partial charge < -0.3 is 26.4 Å². The second kappa shape index (κ2) is 10.6. The zero-order chi connectivity index (χ0) is 24.0. The van der Waals surface area contributed by atoms with Crippen LogP contribution < -0.4 is 11.5 Å². The zero-order valence-corrected chi connectivity index (χ0v) is 18.3. The summed E-state index contributed by atoms with van der Waals surface area (Å²) in [6, 6.07) is -2.50. The summed E-state index contributed by atoms with van der Waals surface area (Å²) >= 11 is 0. The van der Waals surface area contributed by atoms with Crippen molar-refractivity contribution < 1.29 is 38.9 Å². The molecular formula is C19H33N3O8. The number of carboxylic acid groups (broad SMARTS) is 2. The maximum absolute atomic E-state index is 13.3. The van der Waals surface area contributed by atoms with E-state index >= 15 is 0 Å². The quantitative estimate of drug-likeness (QED) is 0.223. The molecule has 0 saturated carbocycles. The number of carboxylic acids is 2. The van der Waals surface area contributed by atoms with Crippen LogP contribution >= 0.6 is 0 Å². The predicted octanol–water partition coefficient (Wildman–Crippen LogP) is -0.255. The van der Waals surface area contributed by atoms with E-state index in [-0.39, 0.29) is 6.42 Å². The Morgan fingerprint density at radius 3 is 1.60 bits per heavy atom. The minimum absolute atomic E-state index is 0.336. The van der Waals surface area contributed by atoms with Gasteiger partial charge in [0.1, 0.15) is 0 Å². The van der Waals surface area contributed by atoms with Gasteiger partial charge in [-0.2, -0.15) is 0 Å². The lowest BCUT2D eigenvalue weighted by Crippen LogP contribution is -2.76. The van der Waals surface area contributed by atoms with Crippen LogP contribution in [0.25, 0.3) is 0 Å². The lowest BCUT2D eigenvalue weighted by Gasteiger charge is -2.51. The molecule has 6 N–H and O–H groups in total. The number of rotatable bonds is 13. The van der Waals surface area contributed by atoms with Crippen molar-refractivity contribution in [2.75, 3.05) is 7.11 Å². The second-order valence-corrected chi connectivity index (χ2v) is 7.50. The molecule has 11 nitrogen and oxygen atoms in total. The number of hydrogen-bond acceptors (Lipinski definition) is 8. The van der Waals surface area contributed by atoms with Crippen LogP contribution in [0.5, 0.6) is 0 Å². The first-order valence-corrected chi connectivity index (χ1v) is 9.61. The first-order valence-electron chi connectivity index (χ1n) is 9.61. The van der Waals surface area contributed by atoms with Crippen LogP contribution in [0.1, 0.15) is 53.9 Å². The topological polar surface area (TPSA) is 190 Å². The van der Waals surface area contributed by atoms with Gasteiger partial charge in [-0.15, -0.1) is 0 Å². The highest BCUT2D eigenvalue weighted by Gasteiger charge is 2.63. The standard InChI is InChI=1S/C19H33N3O8/c1-7-18(15(26)11(4)20,16(27)12(5)21)22(13(23)8-9-14(24)25)19(30-6,10(2)3)17(28)29/h10-12H,7-9,20-21H2,1-6H3,(H,24,25)(H,28,29)/t11-,12-,19+/m0/s1. The van der Waals surface area contributed by atoms with Crippen molar-refractivity contribution in [3.8, 4) is 0 Å². The monoisotopic (exact) mass is 431 g/mol. The Kier molecular flexibility index (Phi) is 9.76. The molecular weight excluding hydrogens is 398 g/mol. The molecule has 3 atom stereocenters. The van der Waals surface area contributed by atoms with Crippen LogP contribution in [0.2, 0.25) is 0 Å². The van der Waals surface area contributed by atoms with Gasteiger partial charge >= 0.3 is 11.9 Å². The molecule has 1 amide bonds. The number of nitrogens with two attached hydrogens (primary N) is 2. The van der Waals surface area contributed by atoms with E-state index in [4.69, 9.17) is 21.3 Å². The Morgan fingerprint density at radius 2 is 1.37 bits per heavy atom. The second-order valence-electron chi connectivity index (χ2n) is 7.50. The van der Waals surface area contributed by atoms with E-state index in [0.29, 0.717) is 4.90 Å². The molecule has 11 heteroatoms. The van der Waals surface area contributed by atoms with E-state index in [9.17, 15) is 29.1 Å². The summed E-state index contributed by atoms with van der Waals surface area (Å²) in [7, 11) is 1.03. The van der Waals surface area contributed by atoms with Gasteiger partial charge in [0, 0.05) is 19.4 Å². The molecule has 0 heterocycles. The molecule has 172 valence electrons. The van der Waals surface area contributed by atoms with Crippen LogP contribution in [0.15, 0.2) is 0 Å². The Morgan fingerprint density at radius 1 is 0.933 bits per heavy atom. The third kappa shape index (κ3) is 4.85. The number of ketones is 2. The van der Waals surface area contributed by atoms with Crippen molar-refractivity contribution in [1.82, 2.24) is 4.90 Å². The summed E-state index contributed by atoms with van der Waals surface area (Å²) in [6.07, 6.45) is -1.65. The number of carbonyl (C=O) groups is 5. The van der Waals surface area contributed by atoms with Crippen LogP contribution in [-0.2, 0) is 28.7 Å². The lowest BCUT2D eigenvalue weighted by atomic mass is 9.76. The smallest absolute Gasteiger partial charge is 0.357 e. The largest absolute Gasteiger partial charge is 0.481 e. The fourth-order valence-corrected chi connectivity index (χ4v) is 3.62. The van der Waals surface area contributed by atoms with Crippen LogP contribution in [0.3, 0.4) is 0 Å². The van der Waals surface area contributed by atoms with Crippen molar-refractivity contribution in [1.29, 1.82) is 0 Å². The molecule has 0 aliphatic carbocycles. The maximum Gasteiger partial charge on any atom is 0.357 e. The van der Waals surface area contributed by atoms with E-state index in [1.54, 1.807) is 0 Å². The molecule has 0 spiro atoms. The Hall–Kier alpha value is -2.37. The number of hydrogen-bond donors (Lipinski definition) is 4. The molecule has 0 bridgehead atoms. The average Bonchev–Trinajstić information content (AvgIpc) is 2.65. The predicted molar refractivity (Wildman–Crippen MR) is 106 cm³/mol. The van der Waals surface area contributed by atoms with Crippen molar-refractivity contribution in [3.63, 3.8) is 0 Å². The Bertz CT molecular complexity index is 669. The molecule has 0 unspecified atom stereocenters. The number of nitrogens with zero attached hydrogens (tertiary/aromatic N) is 1. The highest BCUT2D eigenvalue weighted by molar-refractivity contribution is 6.17. The first kappa shape index (κ1) is 27.6. The fourth-order valence-electron chi connectivity index (χ4n) is 3.62. The SMILES string of the molecule is CCC(C(=O)[C@H](C)N)(C(=O)[C@H](C)N)N(C(=O)CCC(=O)O)[C@](OC)(C(=O)O)C(C)C. The summed E-state index contributed by atoms with van der Waals surface area (Å²) in [4.78, 5) is 63.8. The molecule has 0 aromatic carbocycles. The third-order valence-electron chi connectivity index (χ3n) is 5.07. The van der Waals surface area contributed by atoms with Crippen molar-refractivity contribution >= 4 is 29.4 Å². The number of methoxy groups -OCH3 is 1. The van der Waals surface area contributed by atoms with Gasteiger partial charge in [0.25, 0.3) is 0 Å². The van der Waals surface area contributed by atoms with Crippen LogP contribution in [0.4, 0.5) is 0 Å². The average molecular weight is 431 g/mol. The van der Waals surface area contributed by atoms with Gasteiger partial charge in [-0.05, 0) is 20.3 Å². The maximum atomic E-state index is 13.3. The molecule has 0 saturated heterocycles. The normalized spacial score (nSPS) is 15.8. The molecule has 0 fully saturated rings. The van der Waals surface area contributed by atoms with Gasteiger partial charge in [-0.3, -0.25) is 24.1 Å². The molecule has 0 aliphatic rings. The number of ether oxygens (including phenoxy) is 1. The number of aliphatic carboxylic acids is 2. The molecule has 0 radical (unpaired) electrons. The zero-order valence-electron chi connectivity index (χ0n) is 18.3. The van der Waals surface area contributed by atoms with Gasteiger partial charge in [0.15, 0.2) is 17.1 Å². The fraction of sp³-hybridized carbons (Fsp3) is 0.737. The summed E-state index contributed by atoms with van der Waals surface area (Å²) in [6.45, 7) is 6.88. The number of carbonyl (C=O) groups excluding carboxylic acids is 3. The van der Waals surface area contributed by atoms with Gasteiger partial charge in [0.05, 0.1) is 18.5 Å². The van der Waals surface area contributed by atoms with Crippen LogP contribution in [-0.4, -0.2) is 75.0 Å². The third-order valence-corrected chi connectivity index (χ3v) is 5.07. The minimum atomic E-state index is -2.46. The van der Waals surface area contributed by atoms with E-state index in [0.717, 1.165) is 7.11 Å². The van der Waals surface area contributed by atoms with Crippen molar-refractivity contribution in [2.45, 2.75) is 77.2 Å². The first-order chi connectivity index (χ1) is 13.7. The Labute approximate surface area is 175 Å². The highest BCUT2D eigenvalue weighted by Crippen LogP contribution is 2.38. The van der Waals surface area contributed by atoms with E-state index < -0.39 is 71.5 Å². The van der Waals surface area contributed by atoms with Crippen LogP contribution in [0, 0.1) is 5.92 Å².